The van der Waals surface area contributed by atoms with Crippen molar-refractivity contribution in [2.75, 3.05) is 0 Å². The van der Waals surface area contributed by atoms with Crippen LogP contribution in [-0.2, 0) is 6.42 Å². The van der Waals surface area contributed by atoms with Crippen LogP contribution >= 0.6 is 0 Å². The lowest BCUT2D eigenvalue weighted by molar-refractivity contribution is 0.547. The summed E-state index contributed by atoms with van der Waals surface area (Å²) in [7, 11) is 0. The highest BCUT2D eigenvalue weighted by molar-refractivity contribution is 6.23. The van der Waals surface area contributed by atoms with E-state index in [0.29, 0.717) is 0 Å². The molecule has 7 aromatic carbocycles. The van der Waals surface area contributed by atoms with Crippen molar-refractivity contribution in [3.8, 4) is 33.4 Å². The molecule has 9 rings (SSSR count). The predicted molar refractivity (Wildman–Crippen MR) is 182 cm³/mol. The van der Waals surface area contributed by atoms with Gasteiger partial charge in [0.05, 0.1) is 0 Å². The van der Waals surface area contributed by atoms with Crippen LogP contribution in [-0.4, -0.2) is 0 Å². The van der Waals surface area contributed by atoms with E-state index in [-0.39, 0.29) is 0 Å². The number of aryl methyl sites for hydroxylation is 1. The largest absolute Gasteiger partial charge is 0.460 e. The smallest absolute Gasteiger partial charge is 0.142 e. The Balaban J connectivity index is 1.29. The molecule has 43 heavy (non-hydrogen) atoms. The van der Waals surface area contributed by atoms with Crippen LogP contribution in [0.4, 0.5) is 0 Å². The molecule has 0 aliphatic heterocycles. The SMILES string of the molecule is C1=Cc2c(oc3c(-c4c5ccccc5c(-c5ccc(-c6cccc7ccccc67)cc5)c5ccccc45)cccc23)CC1. The minimum Gasteiger partial charge on any atom is -0.460 e. The maximum atomic E-state index is 6.62. The van der Waals surface area contributed by atoms with Crippen LogP contribution < -0.4 is 0 Å². The van der Waals surface area contributed by atoms with Crippen molar-refractivity contribution >= 4 is 49.4 Å². The second-order valence-electron chi connectivity index (χ2n) is 11.5. The van der Waals surface area contributed by atoms with E-state index in [4.69, 9.17) is 4.42 Å². The van der Waals surface area contributed by atoms with Gasteiger partial charge in [0.15, 0.2) is 0 Å². The monoisotopic (exact) mass is 548 g/mol. The molecule has 0 saturated carbocycles. The zero-order valence-corrected chi connectivity index (χ0v) is 23.7. The highest BCUT2D eigenvalue weighted by Gasteiger charge is 2.22. The lowest BCUT2D eigenvalue weighted by Crippen LogP contribution is -1.91. The fourth-order valence-electron chi connectivity index (χ4n) is 7.19. The minimum absolute atomic E-state index is 0.954. The van der Waals surface area contributed by atoms with Gasteiger partial charge in [-0.05, 0) is 61.0 Å². The molecule has 0 N–H and O–H groups in total. The van der Waals surface area contributed by atoms with Crippen LogP contribution in [0, 0.1) is 0 Å². The number of rotatable bonds is 3. The number of allylic oxidation sites excluding steroid dienone is 1. The Kier molecular flexibility index (Phi) is 5.39. The van der Waals surface area contributed by atoms with Gasteiger partial charge in [-0.2, -0.15) is 0 Å². The predicted octanol–water partition coefficient (Wildman–Crippen LogP) is 11.9. The van der Waals surface area contributed by atoms with Crippen molar-refractivity contribution in [3.63, 3.8) is 0 Å². The molecule has 0 bridgehead atoms. The maximum absolute atomic E-state index is 6.62. The van der Waals surface area contributed by atoms with E-state index >= 15 is 0 Å². The van der Waals surface area contributed by atoms with E-state index in [1.807, 2.05) is 0 Å². The van der Waals surface area contributed by atoms with Crippen LogP contribution in [0.1, 0.15) is 17.7 Å². The van der Waals surface area contributed by atoms with Gasteiger partial charge in [-0.1, -0.05) is 146 Å². The number of furan rings is 1. The normalized spacial score (nSPS) is 12.8. The molecule has 202 valence electrons. The van der Waals surface area contributed by atoms with Gasteiger partial charge >= 0.3 is 0 Å². The second kappa shape index (κ2) is 9.58. The number of hydrogen-bond donors (Lipinski definition) is 0. The molecule has 1 aromatic heterocycles. The van der Waals surface area contributed by atoms with Gasteiger partial charge in [-0.3, -0.25) is 0 Å². The Labute approximate surface area is 250 Å². The number of fused-ring (bicyclic) bond motifs is 6. The minimum atomic E-state index is 0.954. The molecule has 0 atom stereocenters. The van der Waals surface area contributed by atoms with Crippen LogP contribution in [0.15, 0.2) is 144 Å². The topological polar surface area (TPSA) is 13.1 Å². The number of para-hydroxylation sites is 1. The highest BCUT2D eigenvalue weighted by Crippen LogP contribution is 2.46. The highest BCUT2D eigenvalue weighted by atomic mass is 16.3. The van der Waals surface area contributed by atoms with Gasteiger partial charge in [0.2, 0.25) is 0 Å². The van der Waals surface area contributed by atoms with E-state index in [0.717, 1.165) is 29.7 Å². The lowest BCUT2D eigenvalue weighted by atomic mass is 9.85. The summed E-state index contributed by atoms with van der Waals surface area (Å²) in [6.45, 7) is 0. The van der Waals surface area contributed by atoms with Gasteiger partial charge in [0.25, 0.3) is 0 Å². The van der Waals surface area contributed by atoms with E-state index < -0.39 is 0 Å². The van der Waals surface area contributed by atoms with Gasteiger partial charge < -0.3 is 4.42 Å². The van der Waals surface area contributed by atoms with Crippen molar-refractivity contribution in [1.82, 2.24) is 0 Å². The average molecular weight is 549 g/mol. The summed E-state index contributed by atoms with van der Waals surface area (Å²) in [6.07, 6.45) is 6.47. The molecule has 0 fully saturated rings. The Morgan fingerprint density at radius 2 is 1.00 bits per heavy atom. The van der Waals surface area contributed by atoms with Crippen LogP contribution in [0.25, 0.3) is 82.7 Å². The molecule has 1 aliphatic rings. The third-order valence-corrected chi connectivity index (χ3v) is 9.13. The van der Waals surface area contributed by atoms with Gasteiger partial charge in [-0.15, -0.1) is 0 Å². The third kappa shape index (κ3) is 3.72. The summed E-state index contributed by atoms with van der Waals surface area (Å²) in [5.74, 6) is 1.10. The molecule has 0 radical (unpaired) electrons. The summed E-state index contributed by atoms with van der Waals surface area (Å²) in [4.78, 5) is 0. The Morgan fingerprint density at radius 1 is 0.442 bits per heavy atom. The van der Waals surface area contributed by atoms with E-state index in [1.165, 1.54) is 71.1 Å². The maximum Gasteiger partial charge on any atom is 0.142 e. The lowest BCUT2D eigenvalue weighted by Gasteiger charge is -2.18. The third-order valence-electron chi connectivity index (χ3n) is 9.13. The molecule has 0 spiro atoms. The zero-order chi connectivity index (χ0) is 28.3. The summed E-state index contributed by atoms with van der Waals surface area (Å²) in [5, 5.41) is 8.73. The van der Waals surface area contributed by atoms with Crippen molar-refractivity contribution in [2.24, 2.45) is 0 Å². The molecule has 0 amide bonds. The van der Waals surface area contributed by atoms with Crippen LogP contribution in [0.5, 0.6) is 0 Å². The van der Waals surface area contributed by atoms with Crippen molar-refractivity contribution < 1.29 is 4.42 Å². The van der Waals surface area contributed by atoms with Gasteiger partial charge in [0, 0.05) is 28.5 Å². The van der Waals surface area contributed by atoms with Crippen molar-refractivity contribution in [2.45, 2.75) is 12.8 Å². The summed E-state index contributed by atoms with van der Waals surface area (Å²) < 4.78 is 6.62. The molecular formula is C42H28O. The summed E-state index contributed by atoms with van der Waals surface area (Å²) in [5.41, 5.74) is 9.61. The standard InChI is InChI=1S/C42H28O/c1-2-13-30-27(11-1)12-9-19-31(30)28-23-25-29(26-24-28)40-33-15-3-5-17-35(33)41(36-18-6-4-16-34(36)40)38-21-10-20-37-32-14-7-8-22-39(32)43-42(37)38/h1-7,9-21,23-26H,8,22H2. The fourth-order valence-corrected chi connectivity index (χ4v) is 7.19. The molecule has 0 saturated heterocycles. The van der Waals surface area contributed by atoms with Crippen molar-refractivity contribution in [3.05, 3.63) is 151 Å². The van der Waals surface area contributed by atoms with E-state index in [2.05, 4.69) is 146 Å². The quantitative estimate of drug-likeness (QED) is 0.200. The first-order chi connectivity index (χ1) is 21.3. The Morgan fingerprint density at radius 3 is 1.74 bits per heavy atom. The van der Waals surface area contributed by atoms with Crippen LogP contribution in [0.2, 0.25) is 0 Å². The average Bonchev–Trinajstić information content (AvgIpc) is 3.46. The molecule has 0 unspecified atom stereocenters. The van der Waals surface area contributed by atoms with Gasteiger partial charge in [0.1, 0.15) is 11.3 Å². The summed E-state index contributed by atoms with van der Waals surface area (Å²) >= 11 is 0. The molecular weight excluding hydrogens is 520 g/mol. The number of benzene rings is 7. The first kappa shape index (κ1) is 24.2. The molecule has 8 aromatic rings. The zero-order valence-electron chi connectivity index (χ0n) is 23.7. The Bertz CT molecular complexity index is 2320. The van der Waals surface area contributed by atoms with Gasteiger partial charge in [-0.25, -0.2) is 0 Å². The summed E-state index contributed by atoms with van der Waals surface area (Å²) in [6, 6.07) is 48.6. The number of hydrogen-bond acceptors (Lipinski definition) is 1. The Hall–Kier alpha value is -5.40. The first-order valence-electron chi connectivity index (χ1n) is 15.1. The second-order valence-corrected chi connectivity index (χ2v) is 11.5. The molecule has 1 aliphatic carbocycles. The first-order valence-corrected chi connectivity index (χ1v) is 15.1. The molecule has 1 heteroatoms. The van der Waals surface area contributed by atoms with E-state index in [9.17, 15) is 0 Å². The molecule has 1 nitrogen and oxygen atoms in total. The molecule has 1 heterocycles. The van der Waals surface area contributed by atoms with Crippen molar-refractivity contribution in [1.29, 1.82) is 0 Å². The fraction of sp³-hybridized carbons (Fsp3) is 0.0476. The van der Waals surface area contributed by atoms with Crippen LogP contribution in [0.3, 0.4) is 0 Å². The van der Waals surface area contributed by atoms with E-state index in [1.54, 1.807) is 0 Å².